The quantitative estimate of drug-likeness (QED) is 0.493. The van der Waals surface area contributed by atoms with Crippen LogP contribution in [0.5, 0.6) is 0 Å². The molecule has 0 unspecified atom stereocenters. The van der Waals surface area contributed by atoms with Gasteiger partial charge < -0.3 is 4.84 Å². The summed E-state index contributed by atoms with van der Waals surface area (Å²) in [6.07, 6.45) is 0. The van der Waals surface area contributed by atoms with Gasteiger partial charge in [-0.1, -0.05) is 11.8 Å². The Bertz CT molecular complexity index is 181. The molecule has 0 bridgehead atoms. The zero-order valence-electron chi connectivity index (χ0n) is 6.70. The van der Waals surface area contributed by atoms with Crippen molar-refractivity contribution >= 4 is 22.9 Å². The fourth-order valence-corrected chi connectivity index (χ4v) is 1.59. The second kappa shape index (κ2) is 4.44. The van der Waals surface area contributed by atoms with Crippen molar-refractivity contribution in [2.24, 2.45) is 0 Å². The summed E-state index contributed by atoms with van der Waals surface area (Å²) < 4.78 is 0. The summed E-state index contributed by atoms with van der Waals surface area (Å²) >= 11 is 1.03. The van der Waals surface area contributed by atoms with E-state index in [1.54, 1.807) is 7.05 Å². The molecule has 0 aromatic carbocycles. The van der Waals surface area contributed by atoms with Gasteiger partial charge in [-0.3, -0.25) is 14.5 Å². The number of hydrogen-bond donors (Lipinski definition) is 1. The maximum absolute atomic E-state index is 11.0. The van der Waals surface area contributed by atoms with Gasteiger partial charge in [0.1, 0.15) is 0 Å². The van der Waals surface area contributed by atoms with Crippen molar-refractivity contribution in [3.8, 4) is 0 Å². The molecule has 1 N–H and O–H groups in total. The summed E-state index contributed by atoms with van der Waals surface area (Å²) in [6, 6.07) is 0. The highest BCUT2D eigenvalue weighted by atomic mass is 32.2. The Kier molecular flexibility index (Phi) is 3.51. The van der Waals surface area contributed by atoms with Crippen LogP contribution in [0.25, 0.3) is 0 Å². The van der Waals surface area contributed by atoms with Crippen molar-refractivity contribution in [3.05, 3.63) is 0 Å². The lowest BCUT2D eigenvalue weighted by atomic mass is 10.5. The van der Waals surface area contributed by atoms with Crippen LogP contribution in [0.3, 0.4) is 0 Å². The van der Waals surface area contributed by atoms with Gasteiger partial charge in [0.25, 0.3) is 5.24 Å². The van der Waals surface area contributed by atoms with E-state index in [9.17, 15) is 9.59 Å². The summed E-state index contributed by atoms with van der Waals surface area (Å²) in [5.41, 5.74) is 2.47. The smallest absolute Gasteiger partial charge is 0.288 e. The van der Waals surface area contributed by atoms with Crippen molar-refractivity contribution in [1.29, 1.82) is 0 Å². The molecule has 1 rings (SSSR count). The first-order valence-corrected chi connectivity index (χ1v) is 4.50. The van der Waals surface area contributed by atoms with Crippen LogP contribution in [0.4, 0.5) is 4.79 Å². The third kappa shape index (κ3) is 2.20. The number of imide groups is 1. The number of thioether (sulfide) groups is 1. The zero-order chi connectivity index (χ0) is 8.97. The lowest BCUT2D eigenvalue weighted by molar-refractivity contribution is -0.125. The van der Waals surface area contributed by atoms with Crippen molar-refractivity contribution < 1.29 is 14.4 Å². The predicted octanol–water partition coefficient (Wildman–Crippen LogP) is -0.167. The first kappa shape index (κ1) is 9.50. The van der Waals surface area contributed by atoms with Gasteiger partial charge in [-0.15, -0.1) is 0 Å². The van der Waals surface area contributed by atoms with E-state index < -0.39 is 0 Å². The maximum Gasteiger partial charge on any atom is 0.288 e. The molecule has 0 aliphatic carbocycles. The highest BCUT2D eigenvalue weighted by molar-refractivity contribution is 8.14. The summed E-state index contributed by atoms with van der Waals surface area (Å²) in [7, 11) is 1.63. The number of carbonyl (C=O) groups excluding carboxylic acids is 2. The van der Waals surface area contributed by atoms with Gasteiger partial charge in [0, 0.05) is 7.05 Å². The number of hydroxylamine groups is 1. The molecule has 0 radical (unpaired) electrons. The van der Waals surface area contributed by atoms with Gasteiger partial charge in [-0.2, -0.15) is 0 Å². The fraction of sp³-hybridized carbons (Fsp3) is 0.667. The van der Waals surface area contributed by atoms with Crippen LogP contribution in [0.2, 0.25) is 0 Å². The molecule has 68 valence electrons. The third-order valence-corrected chi connectivity index (χ3v) is 2.26. The highest BCUT2D eigenvalue weighted by Crippen LogP contribution is 2.17. The molecule has 0 aromatic rings. The average Bonchev–Trinajstić information content (AvgIpc) is 2.35. The maximum atomic E-state index is 11.0. The summed E-state index contributed by atoms with van der Waals surface area (Å²) in [5, 5.41) is -0.181. The van der Waals surface area contributed by atoms with Crippen molar-refractivity contribution in [2.75, 3.05) is 26.0 Å². The molecule has 1 aliphatic rings. The van der Waals surface area contributed by atoms with Crippen LogP contribution < -0.4 is 5.48 Å². The molecular weight excluding hydrogens is 180 g/mol. The van der Waals surface area contributed by atoms with Crippen molar-refractivity contribution in [2.45, 2.75) is 0 Å². The molecule has 0 atom stereocenters. The summed E-state index contributed by atoms with van der Waals surface area (Å²) in [6.45, 7) is 0.653. The van der Waals surface area contributed by atoms with Crippen LogP contribution in [-0.4, -0.2) is 42.0 Å². The Labute approximate surface area is 74.4 Å². The molecule has 1 fully saturated rings. The number of hydrogen-bond acceptors (Lipinski definition) is 5. The molecule has 0 saturated carbocycles. The fourth-order valence-electron chi connectivity index (χ4n) is 0.836. The number of carbonyl (C=O) groups is 2. The second-order valence-electron chi connectivity index (χ2n) is 2.15. The Hall–Kier alpha value is -0.590. The lowest BCUT2D eigenvalue weighted by Crippen LogP contribution is -2.32. The third-order valence-electron chi connectivity index (χ3n) is 1.40. The van der Waals surface area contributed by atoms with Crippen molar-refractivity contribution in [3.63, 3.8) is 0 Å². The number of nitrogens with one attached hydrogen (secondary N) is 1. The van der Waals surface area contributed by atoms with Gasteiger partial charge in [0.05, 0.1) is 18.9 Å². The lowest BCUT2D eigenvalue weighted by Gasteiger charge is -2.11. The standard InChI is InChI=1S/C6H10N2O3S/c1-7-11-3-2-8-5(9)4-12-6(8)10/h7H,2-4H2,1H3. The van der Waals surface area contributed by atoms with E-state index in [-0.39, 0.29) is 16.9 Å². The van der Waals surface area contributed by atoms with Crippen LogP contribution in [0.15, 0.2) is 0 Å². The van der Waals surface area contributed by atoms with Gasteiger partial charge in [0.2, 0.25) is 5.91 Å². The van der Waals surface area contributed by atoms with Gasteiger partial charge in [0.15, 0.2) is 0 Å². The van der Waals surface area contributed by atoms with E-state index in [0.29, 0.717) is 13.2 Å². The minimum atomic E-state index is -0.181. The van der Waals surface area contributed by atoms with Crippen LogP contribution in [0, 0.1) is 0 Å². The van der Waals surface area contributed by atoms with E-state index in [0.717, 1.165) is 11.8 Å². The first-order chi connectivity index (χ1) is 5.75. The van der Waals surface area contributed by atoms with E-state index in [1.165, 1.54) is 4.90 Å². The topological polar surface area (TPSA) is 58.6 Å². The molecule has 1 heterocycles. The molecule has 1 aliphatic heterocycles. The minimum Gasteiger partial charge on any atom is -0.300 e. The van der Waals surface area contributed by atoms with Gasteiger partial charge in [-0.05, 0) is 0 Å². The van der Waals surface area contributed by atoms with Gasteiger partial charge in [-0.25, -0.2) is 5.48 Å². The largest absolute Gasteiger partial charge is 0.300 e. The molecule has 6 heteroatoms. The SMILES string of the molecule is CNOCCN1C(=O)CSC1=O. The molecule has 0 aromatic heterocycles. The van der Waals surface area contributed by atoms with Crippen LogP contribution >= 0.6 is 11.8 Å². The van der Waals surface area contributed by atoms with Gasteiger partial charge >= 0.3 is 0 Å². The average molecular weight is 190 g/mol. The predicted molar refractivity (Wildman–Crippen MR) is 44.6 cm³/mol. The summed E-state index contributed by atoms with van der Waals surface area (Å²) in [5.74, 6) is 0.128. The minimum absolute atomic E-state index is 0.135. The van der Waals surface area contributed by atoms with Crippen LogP contribution in [-0.2, 0) is 9.63 Å². The summed E-state index contributed by atoms with van der Waals surface area (Å²) in [4.78, 5) is 27.9. The number of nitrogens with zero attached hydrogens (tertiary/aromatic N) is 1. The zero-order valence-corrected chi connectivity index (χ0v) is 7.52. The van der Waals surface area contributed by atoms with E-state index in [4.69, 9.17) is 4.84 Å². The Morgan fingerprint density at radius 2 is 2.42 bits per heavy atom. The highest BCUT2D eigenvalue weighted by Gasteiger charge is 2.29. The second-order valence-corrected chi connectivity index (χ2v) is 3.08. The number of rotatable bonds is 4. The molecule has 2 amide bonds. The Morgan fingerprint density at radius 1 is 1.67 bits per heavy atom. The first-order valence-electron chi connectivity index (χ1n) is 3.51. The molecule has 1 saturated heterocycles. The normalized spacial score (nSPS) is 17.6. The monoisotopic (exact) mass is 190 g/mol. The molecule has 12 heavy (non-hydrogen) atoms. The van der Waals surface area contributed by atoms with E-state index in [1.807, 2.05) is 0 Å². The Balaban J connectivity index is 2.30. The van der Waals surface area contributed by atoms with Crippen molar-refractivity contribution in [1.82, 2.24) is 10.4 Å². The van der Waals surface area contributed by atoms with E-state index >= 15 is 0 Å². The Morgan fingerprint density at radius 3 is 2.92 bits per heavy atom. The molecule has 5 nitrogen and oxygen atoms in total. The number of amides is 2. The molecular formula is C6H10N2O3S. The molecule has 0 spiro atoms. The van der Waals surface area contributed by atoms with Crippen LogP contribution in [0.1, 0.15) is 0 Å². The van der Waals surface area contributed by atoms with E-state index in [2.05, 4.69) is 5.48 Å².